The maximum Gasteiger partial charge on any atom is 0.253 e. The Morgan fingerprint density at radius 3 is 2.82 bits per heavy atom. The number of hydrogen-bond donors (Lipinski definition) is 0. The van der Waals surface area contributed by atoms with Gasteiger partial charge in [-0.15, -0.1) is 0 Å². The van der Waals surface area contributed by atoms with Gasteiger partial charge < -0.3 is 9.64 Å². The van der Waals surface area contributed by atoms with Crippen molar-refractivity contribution in [3.63, 3.8) is 0 Å². The highest BCUT2D eigenvalue weighted by Gasteiger charge is 2.15. The first-order valence-corrected chi connectivity index (χ1v) is 5.99. The number of nitrogens with zero attached hydrogens (tertiary/aromatic N) is 1. The SMILES string of the molecule is CCN(CC)C(=O)c1ccc2c(c1)OCC=C2. The largest absolute Gasteiger partial charge is 0.489 e. The van der Waals surface area contributed by atoms with Crippen molar-refractivity contribution < 1.29 is 9.53 Å². The number of benzene rings is 1. The van der Waals surface area contributed by atoms with E-state index < -0.39 is 0 Å². The average Bonchev–Trinajstić information content (AvgIpc) is 2.39. The van der Waals surface area contributed by atoms with Crippen LogP contribution in [0.15, 0.2) is 24.3 Å². The number of fused-ring (bicyclic) bond motifs is 1. The van der Waals surface area contributed by atoms with E-state index in [2.05, 4.69) is 0 Å². The third-order valence-corrected chi connectivity index (χ3v) is 2.94. The topological polar surface area (TPSA) is 29.5 Å². The highest BCUT2D eigenvalue weighted by atomic mass is 16.5. The van der Waals surface area contributed by atoms with Gasteiger partial charge in [0.1, 0.15) is 12.4 Å². The van der Waals surface area contributed by atoms with Crippen molar-refractivity contribution in [2.75, 3.05) is 19.7 Å². The van der Waals surface area contributed by atoms with Crippen LogP contribution in [0.5, 0.6) is 5.75 Å². The molecule has 0 fully saturated rings. The van der Waals surface area contributed by atoms with Crippen LogP contribution in [0, 0.1) is 0 Å². The standard InChI is InChI=1S/C14H17NO2/c1-3-15(4-2)14(16)12-8-7-11-6-5-9-17-13(11)10-12/h5-8,10H,3-4,9H2,1-2H3. The van der Waals surface area contributed by atoms with E-state index in [0.29, 0.717) is 12.2 Å². The van der Waals surface area contributed by atoms with E-state index in [9.17, 15) is 4.79 Å². The molecule has 90 valence electrons. The lowest BCUT2D eigenvalue weighted by atomic mass is 10.1. The first-order valence-electron chi connectivity index (χ1n) is 5.99. The summed E-state index contributed by atoms with van der Waals surface area (Å²) in [6, 6.07) is 5.62. The summed E-state index contributed by atoms with van der Waals surface area (Å²) >= 11 is 0. The maximum absolute atomic E-state index is 12.1. The molecule has 0 unspecified atom stereocenters. The van der Waals surface area contributed by atoms with Crippen LogP contribution in [-0.4, -0.2) is 30.5 Å². The van der Waals surface area contributed by atoms with Gasteiger partial charge in [-0.3, -0.25) is 4.79 Å². The Kier molecular flexibility index (Phi) is 3.47. The predicted molar refractivity (Wildman–Crippen MR) is 68.2 cm³/mol. The van der Waals surface area contributed by atoms with E-state index in [1.807, 2.05) is 44.2 Å². The molecule has 0 aromatic heterocycles. The smallest absolute Gasteiger partial charge is 0.253 e. The Bertz CT molecular complexity index is 448. The highest BCUT2D eigenvalue weighted by Crippen LogP contribution is 2.25. The second kappa shape index (κ2) is 5.04. The third kappa shape index (κ3) is 2.33. The number of amides is 1. The summed E-state index contributed by atoms with van der Waals surface area (Å²) in [7, 11) is 0. The monoisotopic (exact) mass is 231 g/mol. The predicted octanol–water partition coefficient (Wildman–Crippen LogP) is 2.57. The molecule has 0 atom stereocenters. The van der Waals surface area contributed by atoms with Crippen LogP contribution in [0.4, 0.5) is 0 Å². The van der Waals surface area contributed by atoms with E-state index in [1.165, 1.54) is 0 Å². The summed E-state index contributed by atoms with van der Waals surface area (Å²) in [6.45, 7) is 6.01. The Morgan fingerprint density at radius 2 is 2.12 bits per heavy atom. The van der Waals surface area contributed by atoms with Crippen LogP contribution in [0.3, 0.4) is 0 Å². The van der Waals surface area contributed by atoms with Crippen molar-refractivity contribution in [2.24, 2.45) is 0 Å². The molecule has 3 nitrogen and oxygen atoms in total. The number of carbonyl (C=O) groups is 1. The van der Waals surface area contributed by atoms with Gasteiger partial charge in [0.05, 0.1) is 0 Å². The number of ether oxygens (including phenoxy) is 1. The normalized spacial score (nSPS) is 12.8. The average molecular weight is 231 g/mol. The molecular formula is C14H17NO2. The molecule has 1 aromatic carbocycles. The zero-order valence-corrected chi connectivity index (χ0v) is 10.3. The molecule has 0 spiro atoms. The van der Waals surface area contributed by atoms with Gasteiger partial charge in [0.15, 0.2) is 0 Å². The zero-order valence-electron chi connectivity index (χ0n) is 10.3. The van der Waals surface area contributed by atoms with Gasteiger partial charge in [-0.25, -0.2) is 0 Å². The fraction of sp³-hybridized carbons (Fsp3) is 0.357. The molecular weight excluding hydrogens is 214 g/mol. The van der Waals surface area contributed by atoms with E-state index >= 15 is 0 Å². The molecule has 0 saturated carbocycles. The van der Waals surface area contributed by atoms with Gasteiger partial charge in [-0.05, 0) is 32.1 Å². The van der Waals surface area contributed by atoms with E-state index in [1.54, 1.807) is 4.90 Å². The molecule has 1 amide bonds. The summed E-state index contributed by atoms with van der Waals surface area (Å²) in [4.78, 5) is 14.0. The second-order valence-electron chi connectivity index (χ2n) is 3.94. The Hall–Kier alpha value is -1.77. The highest BCUT2D eigenvalue weighted by molar-refractivity contribution is 5.95. The minimum Gasteiger partial charge on any atom is -0.489 e. The summed E-state index contributed by atoms with van der Waals surface area (Å²) in [6.07, 6.45) is 3.98. The Labute approximate surface area is 102 Å². The minimum atomic E-state index is 0.0657. The van der Waals surface area contributed by atoms with Crippen molar-refractivity contribution in [3.8, 4) is 5.75 Å². The summed E-state index contributed by atoms with van der Waals surface area (Å²) in [5.74, 6) is 0.862. The van der Waals surface area contributed by atoms with Crippen molar-refractivity contribution in [1.82, 2.24) is 4.90 Å². The summed E-state index contributed by atoms with van der Waals surface area (Å²) < 4.78 is 5.50. The minimum absolute atomic E-state index is 0.0657. The molecule has 1 aliphatic rings. The van der Waals surface area contributed by atoms with Crippen LogP contribution in [-0.2, 0) is 0 Å². The lowest BCUT2D eigenvalue weighted by molar-refractivity contribution is 0.0772. The molecule has 0 radical (unpaired) electrons. The first-order chi connectivity index (χ1) is 8.26. The van der Waals surface area contributed by atoms with Gasteiger partial charge in [0, 0.05) is 24.2 Å². The maximum atomic E-state index is 12.1. The van der Waals surface area contributed by atoms with Crippen molar-refractivity contribution >= 4 is 12.0 Å². The van der Waals surface area contributed by atoms with Crippen molar-refractivity contribution in [2.45, 2.75) is 13.8 Å². The first kappa shape index (κ1) is 11.7. The molecule has 1 aliphatic heterocycles. The van der Waals surface area contributed by atoms with Gasteiger partial charge in [0.25, 0.3) is 5.91 Å². The third-order valence-electron chi connectivity index (χ3n) is 2.94. The Balaban J connectivity index is 2.28. The molecule has 1 heterocycles. The fourth-order valence-electron chi connectivity index (χ4n) is 1.94. The van der Waals surface area contributed by atoms with E-state index in [4.69, 9.17) is 4.74 Å². The molecule has 2 rings (SSSR count). The Morgan fingerprint density at radius 1 is 1.35 bits per heavy atom. The lowest BCUT2D eigenvalue weighted by Gasteiger charge is -2.20. The van der Waals surface area contributed by atoms with Gasteiger partial charge in [-0.1, -0.05) is 12.1 Å². The lowest BCUT2D eigenvalue weighted by Crippen LogP contribution is -2.30. The number of carbonyl (C=O) groups excluding carboxylic acids is 1. The summed E-state index contributed by atoms with van der Waals surface area (Å²) in [5.41, 5.74) is 1.73. The van der Waals surface area contributed by atoms with Crippen LogP contribution in [0.1, 0.15) is 29.8 Å². The van der Waals surface area contributed by atoms with Gasteiger partial charge in [-0.2, -0.15) is 0 Å². The molecule has 0 bridgehead atoms. The molecule has 1 aromatic rings. The quantitative estimate of drug-likeness (QED) is 0.800. The second-order valence-corrected chi connectivity index (χ2v) is 3.94. The van der Waals surface area contributed by atoms with Gasteiger partial charge >= 0.3 is 0 Å². The van der Waals surface area contributed by atoms with Crippen LogP contribution in [0.2, 0.25) is 0 Å². The molecule has 0 saturated heterocycles. The van der Waals surface area contributed by atoms with Gasteiger partial charge in [0.2, 0.25) is 0 Å². The molecule has 0 aliphatic carbocycles. The zero-order chi connectivity index (χ0) is 12.3. The van der Waals surface area contributed by atoms with Crippen LogP contribution >= 0.6 is 0 Å². The summed E-state index contributed by atoms with van der Waals surface area (Å²) in [5, 5.41) is 0. The number of hydrogen-bond acceptors (Lipinski definition) is 2. The van der Waals surface area contributed by atoms with Crippen LogP contribution < -0.4 is 4.74 Å². The molecule has 3 heteroatoms. The van der Waals surface area contributed by atoms with Crippen LogP contribution in [0.25, 0.3) is 6.08 Å². The molecule has 17 heavy (non-hydrogen) atoms. The van der Waals surface area contributed by atoms with Crippen molar-refractivity contribution in [3.05, 3.63) is 35.4 Å². The van der Waals surface area contributed by atoms with E-state index in [0.717, 1.165) is 24.4 Å². The fourth-order valence-corrected chi connectivity index (χ4v) is 1.94. The number of rotatable bonds is 3. The molecule has 0 N–H and O–H groups in total. The van der Waals surface area contributed by atoms with Crippen molar-refractivity contribution in [1.29, 1.82) is 0 Å². The van der Waals surface area contributed by atoms with E-state index in [-0.39, 0.29) is 5.91 Å².